The first-order valence-corrected chi connectivity index (χ1v) is 13.4. The predicted octanol–water partition coefficient (Wildman–Crippen LogP) is 3.62. The molecule has 1 radical (unpaired) electrons. The highest BCUT2D eigenvalue weighted by atomic mass is 32.1. The van der Waals surface area contributed by atoms with Crippen LogP contribution in [0.1, 0.15) is 0 Å². The van der Waals surface area contributed by atoms with E-state index in [1.54, 1.807) is 0 Å². The normalized spacial score (nSPS) is 12.9. The summed E-state index contributed by atoms with van der Waals surface area (Å²) in [6.07, 6.45) is 0. The molecule has 0 nitrogen and oxygen atoms in total. The summed E-state index contributed by atoms with van der Waals surface area (Å²) in [6, 6.07) is 4.51. The van der Waals surface area contributed by atoms with Crippen LogP contribution in [0.2, 0.25) is 39.3 Å². The zero-order valence-electron chi connectivity index (χ0n) is 11.0. The van der Waals surface area contributed by atoms with E-state index in [4.69, 9.17) is 12.6 Å². The molecule has 0 saturated heterocycles. The minimum Gasteiger partial charge on any atom is -0.142 e. The van der Waals surface area contributed by atoms with Crippen molar-refractivity contribution in [2.75, 3.05) is 0 Å². The van der Waals surface area contributed by atoms with Crippen molar-refractivity contribution in [3.8, 4) is 0 Å². The molecular weight excluding hydrogens is 264 g/mol. The Morgan fingerprint density at radius 1 is 0.875 bits per heavy atom. The van der Waals surface area contributed by atoms with Gasteiger partial charge in [0.25, 0.3) is 0 Å². The molecule has 0 atom stereocenters. The van der Waals surface area contributed by atoms with Crippen LogP contribution in [-0.4, -0.2) is 16.1 Å². The molecule has 4 heteroatoms. The van der Waals surface area contributed by atoms with Crippen LogP contribution in [-0.2, 0) is 0 Å². The van der Waals surface area contributed by atoms with Gasteiger partial charge in [-0.05, 0) is 10.4 Å². The second kappa shape index (κ2) is 4.48. The van der Waals surface area contributed by atoms with Crippen molar-refractivity contribution in [1.82, 2.24) is 0 Å². The van der Waals surface area contributed by atoms with E-state index in [-0.39, 0.29) is 0 Å². The van der Waals surface area contributed by atoms with Crippen molar-refractivity contribution in [2.45, 2.75) is 49.1 Å². The molecule has 0 aliphatic heterocycles. The van der Waals surface area contributed by atoms with E-state index < -0.39 is 16.1 Å². The number of benzene rings is 1. The van der Waals surface area contributed by atoms with E-state index >= 15 is 0 Å². The van der Waals surface area contributed by atoms with Gasteiger partial charge in [-0.3, -0.25) is 0 Å². The second-order valence-electron chi connectivity index (χ2n) is 6.34. The summed E-state index contributed by atoms with van der Waals surface area (Å²) in [4.78, 5) is 2.07. The van der Waals surface area contributed by atoms with Gasteiger partial charge < -0.3 is 0 Å². The molecule has 89 valence electrons. The third kappa shape index (κ3) is 2.91. The fourth-order valence-electron chi connectivity index (χ4n) is 1.77. The van der Waals surface area contributed by atoms with E-state index in [1.807, 2.05) is 0 Å². The first-order valence-electron chi connectivity index (χ1n) is 5.59. The van der Waals surface area contributed by atoms with E-state index in [0.717, 1.165) is 9.79 Å². The van der Waals surface area contributed by atoms with E-state index in [1.165, 1.54) is 10.4 Å². The average Bonchev–Trinajstić information content (AvgIpc) is 2.05. The molecule has 0 aromatic heterocycles. The Hall–Kier alpha value is 0.224. The zero-order valence-corrected chi connectivity index (χ0v) is 14.7. The van der Waals surface area contributed by atoms with Crippen LogP contribution in [0.4, 0.5) is 0 Å². The van der Waals surface area contributed by atoms with Crippen molar-refractivity contribution < 1.29 is 0 Å². The third-order valence-electron chi connectivity index (χ3n) is 2.75. The maximum atomic E-state index is 5.58. The van der Waals surface area contributed by atoms with Crippen LogP contribution in [0.5, 0.6) is 0 Å². The highest BCUT2D eigenvalue weighted by molar-refractivity contribution is 7.84. The van der Waals surface area contributed by atoms with Gasteiger partial charge in [0.2, 0.25) is 0 Å². The quantitative estimate of drug-likeness (QED) is 0.623. The molecule has 0 saturated carbocycles. The van der Waals surface area contributed by atoms with Crippen molar-refractivity contribution in [2.24, 2.45) is 0 Å². The maximum Gasteiger partial charge on any atom is 0.0795 e. The fourth-order valence-corrected chi connectivity index (χ4v) is 7.07. The van der Waals surface area contributed by atoms with E-state index in [9.17, 15) is 0 Å². The van der Waals surface area contributed by atoms with Crippen molar-refractivity contribution >= 4 is 51.8 Å². The molecule has 0 spiro atoms. The Kier molecular flexibility index (Phi) is 4.00. The molecule has 0 N–H and O–H groups in total. The van der Waals surface area contributed by atoms with Crippen LogP contribution in [0.3, 0.4) is 0 Å². The van der Waals surface area contributed by atoms with Gasteiger partial charge in [-0.1, -0.05) is 64.0 Å². The summed E-state index contributed by atoms with van der Waals surface area (Å²) in [5.74, 6) is 0. The van der Waals surface area contributed by atoms with Gasteiger partial charge in [0.15, 0.2) is 0 Å². The summed E-state index contributed by atoms with van der Waals surface area (Å²) in [5.41, 5.74) is 0. The summed E-state index contributed by atoms with van der Waals surface area (Å²) in [7, 11) is -2.65. The van der Waals surface area contributed by atoms with E-state index in [0.29, 0.717) is 0 Å². The Morgan fingerprint density at radius 2 is 1.25 bits per heavy atom. The Bertz CT molecular complexity index is 362. The number of hydrogen-bond acceptors (Lipinski definition) is 1. The summed E-state index contributed by atoms with van der Waals surface area (Å²) in [6.45, 7) is 14.0. The summed E-state index contributed by atoms with van der Waals surface area (Å²) < 4.78 is 0. The predicted molar refractivity (Wildman–Crippen MR) is 85.5 cm³/mol. The molecule has 0 aliphatic rings. The third-order valence-corrected chi connectivity index (χ3v) is 8.24. The van der Waals surface area contributed by atoms with Crippen LogP contribution >= 0.6 is 25.3 Å². The molecule has 1 aromatic carbocycles. The topological polar surface area (TPSA) is 0 Å². The van der Waals surface area contributed by atoms with Gasteiger partial charge in [0.05, 0.1) is 21.0 Å². The van der Waals surface area contributed by atoms with Gasteiger partial charge in [-0.2, -0.15) is 0 Å². The molecule has 0 fully saturated rings. The Labute approximate surface area is 113 Å². The highest BCUT2D eigenvalue weighted by Gasteiger charge is 2.26. The first kappa shape index (κ1) is 14.3. The molecule has 0 amide bonds. The molecular formula is C12H21S2Si2. The van der Waals surface area contributed by atoms with Crippen molar-refractivity contribution in [3.05, 3.63) is 12.1 Å². The van der Waals surface area contributed by atoms with E-state index in [2.05, 4.69) is 64.0 Å². The smallest absolute Gasteiger partial charge is 0.0795 e. The molecule has 16 heavy (non-hydrogen) atoms. The first-order chi connectivity index (χ1) is 7.05. The van der Waals surface area contributed by atoms with Gasteiger partial charge in [0.1, 0.15) is 0 Å². The molecule has 1 rings (SSSR count). The van der Waals surface area contributed by atoms with Crippen LogP contribution in [0, 0.1) is 0 Å². The lowest BCUT2D eigenvalue weighted by Gasteiger charge is -2.25. The minimum absolute atomic E-state index is 1.00. The minimum atomic E-state index is -1.33. The zero-order chi connectivity index (χ0) is 12.7. The molecule has 0 unspecified atom stereocenters. The van der Waals surface area contributed by atoms with Crippen LogP contribution in [0.25, 0.3) is 0 Å². The Morgan fingerprint density at radius 3 is 1.62 bits per heavy atom. The number of thiol groups is 1. The van der Waals surface area contributed by atoms with Gasteiger partial charge in [-0.15, -0.1) is 12.6 Å². The number of hydrogen-bond donors (Lipinski definition) is 1. The van der Waals surface area contributed by atoms with Crippen LogP contribution in [0.15, 0.2) is 21.9 Å². The standard InChI is InChI=1S/C12H21S2Si2/c1-15(2,3)9-7-8-10(16(4,5)6)12(14)11(9)13/h7-8,13H,1-6H3. The fraction of sp³-hybridized carbons (Fsp3) is 0.500. The van der Waals surface area contributed by atoms with Gasteiger partial charge in [-0.25, -0.2) is 0 Å². The van der Waals surface area contributed by atoms with Crippen LogP contribution < -0.4 is 10.4 Å². The monoisotopic (exact) mass is 285 g/mol. The Balaban J connectivity index is 3.41. The second-order valence-corrected chi connectivity index (χ2v) is 17.3. The summed E-state index contributed by atoms with van der Waals surface area (Å²) >= 11 is 10.2. The van der Waals surface area contributed by atoms with Crippen molar-refractivity contribution in [1.29, 1.82) is 0 Å². The SMILES string of the molecule is C[Si](C)(C)c1ccc([Si](C)(C)C)c(S)c1[S]. The lowest BCUT2D eigenvalue weighted by atomic mass is 10.3. The highest BCUT2D eigenvalue weighted by Crippen LogP contribution is 2.20. The van der Waals surface area contributed by atoms with Gasteiger partial charge >= 0.3 is 0 Å². The average molecular weight is 286 g/mol. The lowest BCUT2D eigenvalue weighted by Crippen LogP contribution is -2.44. The molecule has 0 bridgehead atoms. The summed E-state index contributed by atoms with van der Waals surface area (Å²) in [5, 5.41) is 2.76. The van der Waals surface area contributed by atoms with Crippen molar-refractivity contribution in [3.63, 3.8) is 0 Å². The molecule has 0 aliphatic carbocycles. The molecule has 0 heterocycles. The number of rotatable bonds is 2. The molecule has 1 aromatic rings. The lowest BCUT2D eigenvalue weighted by molar-refractivity contribution is 1.31. The van der Waals surface area contributed by atoms with Gasteiger partial charge in [0, 0.05) is 4.90 Å². The maximum absolute atomic E-state index is 5.58. The largest absolute Gasteiger partial charge is 0.142 e.